The lowest BCUT2D eigenvalue weighted by atomic mass is 9.99. The van der Waals surface area contributed by atoms with Gasteiger partial charge in [-0.1, -0.05) is 30.7 Å². The minimum atomic E-state index is -0.302. The molecule has 1 aromatic rings. The van der Waals surface area contributed by atoms with Crippen LogP contribution in [0.15, 0.2) is 18.2 Å². The zero-order chi connectivity index (χ0) is 11.3. The molecule has 0 amide bonds. The van der Waals surface area contributed by atoms with Gasteiger partial charge < -0.3 is 5.11 Å². The number of benzene rings is 1. The number of rotatable bonds is 5. The monoisotopic (exact) mass is 224 g/mol. The summed E-state index contributed by atoms with van der Waals surface area (Å²) in [6.07, 6.45) is 0.548. The van der Waals surface area contributed by atoms with E-state index in [1.807, 2.05) is 11.8 Å². The maximum atomic E-state index is 10.0. The second kappa shape index (κ2) is 6.19. The molecule has 0 bridgehead atoms. The minimum Gasteiger partial charge on any atom is -0.388 e. The smallest absolute Gasteiger partial charge is 0.0800 e. The summed E-state index contributed by atoms with van der Waals surface area (Å²) in [5.74, 6) is 2.16. The summed E-state index contributed by atoms with van der Waals surface area (Å²) in [5.41, 5.74) is 3.50. The number of aliphatic hydroxyl groups excluding tert-OH is 1. The van der Waals surface area contributed by atoms with Gasteiger partial charge in [0.25, 0.3) is 0 Å². The second-order valence-electron chi connectivity index (χ2n) is 3.86. The highest BCUT2D eigenvalue weighted by Gasteiger charge is 2.09. The van der Waals surface area contributed by atoms with Crippen molar-refractivity contribution in [1.82, 2.24) is 0 Å². The van der Waals surface area contributed by atoms with Gasteiger partial charge in [-0.15, -0.1) is 0 Å². The summed E-state index contributed by atoms with van der Waals surface area (Å²) in [7, 11) is 0. The normalized spacial score (nSPS) is 12.8. The lowest BCUT2D eigenvalue weighted by Crippen LogP contribution is -2.02. The molecule has 15 heavy (non-hydrogen) atoms. The zero-order valence-corrected chi connectivity index (χ0v) is 10.6. The first kappa shape index (κ1) is 12.6. The highest BCUT2D eigenvalue weighted by Crippen LogP contribution is 2.23. The van der Waals surface area contributed by atoms with E-state index in [2.05, 4.69) is 39.0 Å². The van der Waals surface area contributed by atoms with E-state index < -0.39 is 0 Å². The van der Waals surface area contributed by atoms with Crippen LogP contribution < -0.4 is 0 Å². The number of hydrogen-bond donors (Lipinski definition) is 1. The quantitative estimate of drug-likeness (QED) is 0.773. The SMILES string of the molecule is CCSCCC(O)c1cc(C)ccc1C. The molecule has 0 heterocycles. The summed E-state index contributed by atoms with van der Waals surface area (Å²) in [6.45, 7) is 6.27. The first-order valence-electron chi connectivity index (χ1n) is 5.48. The van der Waals surface area contributed by atoms with Gasteiger partial charge >= 0.3 is 0 Å². The van der Waals surface area contributed by atoms with E-state index in [9.17, 15) is 5.11 Å². The van der Waals surface area contributed by atoms with Crippen LogP contribution in [0.1, 0.15) is 36.1 Å². The molecule has 1 nitrogen and oxygen atoms in total. The molecule has 0 aromatic heterocycles. The Labute approximate surface area is 96.9 Å². The molecule has 0 radical (unpaired) electrons. The van der Waals surface area contributed by atoms with Gasteiger partial charge in [0.2, 0.25) is 0 Å². The molecular formula is C13H20OS. The highest BCUT2D eigenvalue weighted by atomic mass is 32.2. The third-order valence-electron chi connectivity index (χ3n) is 2.53. The van der Waals surface area contributed by atoms with Crippen molar-refractivity contribution in [3.8, 4) is 0 Å². The maximum absolute atomic E-state index is 10.0. The van der Waals surface area contributed by atoms with Crippen LogP contribution in [-0.4, -0.2) is 16.6 Å². The number of aliphatic hydroxyl groups is 1. The molecule has 1 rings (SSSR count). The van der Waals surface area contributed by atoms with Crippen molar-refractivity contribution < 1.29 is 5.11 Å². The van der Waals surface area contributed by atoms with E-state index in [1.54, 1.807) is 0 Å². The summed E-state index contributed by atoms with van der Waals surface area (Å²) in [6, 6.07) is 6.27. The third-order valence-corrected chi connectivity index (χ3v) is 3.47. The molecular weight excluding hydrogens is 204 g/mol. The lowest BCUT2D eigenvalue weighted by molar-refractivity contribution is 0.174. The fourth-order valence-electron chi connectivity index (χ4n) is 1.61. The van der Waals surface area contributed by atoms with Crippen molar-refractivity contribution in [1.29, 1.82) is 0 Å². The summed E-state index contributed by atoms with van der Waals surface area (Å²) < 4.78 is 0. The summed E-state index contributed by atoms with van der Waals surface area (Å²) >= 11 is 1.88. The Morgan fingerprint density at radius 2 is 2.07 bits per heavy atom. The molecule has 1 atom stereocenters. The van der Waals surface area contributed by atoms with Crippen molar-refractivity contribution >= 4 is 11.8 Å². The van der Waals surface area contributed by atoms with Crippen molar-refractivity contribution in [2.45, 2.75) is 33.3 Å². The van der Waals surface area contributed by atoms with Gasteiger partial charge in [-0.3, -0.25) is 0 Å². The third kappa shape index (κ3) is 3.88. The Kier molecular flexibility index (Phi) is 5.20. The van der Waals surface area contributed by atoms with E-state index in [0.717, 1.165) is 23.5 Å². The minimum absolute atomic E-state index is 0.302. The van der Waals surface area contributed by atoms with Crippen molar-refractivity contribution in [2.75, 3.05) is 11.5 Å². The molecule has 0 saturated carbocycles. The van der Waals surface area contributed by atoms with Crippen LogP contribution in [0.3, 0.4) is 0 Å². The van der Waals surface area contributed by atoms with Gasteiger partial charge in [0.05, 0.1) is 6.10 Å². The number of hydrogen-bond acceptors (Lipinski definition) is 2. The molecule has 0 aliphatic rings. The number of thioether (sulfide) groups is 1. The predicted molar refractivity (Wildman–Crippen MR) is 68.5 cm³/mol. The predicted octanol–water partition coefficient (Wildman–Crippen LogP) is 3.48. The fraction of sp³-hybridized carbons (Fsp3) is 0.538. The Hall–Kier alpha value is -0.470. The Balaban J connectivity index is 2.64. The van der Waals surface area contributed by atoms with Crippen LogP contribution in [0.4, 0.5) is 0 Å². The highest BCUT2D eigenvalue weighted by molar-refractivity contribution is 7.99. The van der Waals surface area contributed by atoms with Crippen molar-refractivity contribution in [2.24, 2.45) is 0 Å². The zero-order valence-electron chi connectivity index (χ0n) is 9.79. The van der Waals surface area contributed by atoms with Crippen LogP contribution in [0.5, 0.6) is 0 Å². The van der Waals surface area contributed by atoms with Crippen LogP contribution in [-0.2, 0) is 0 Å². The summed E-state index contributed by atoms with van der Waals surface area (Å²) in [4.78, 5) is 0. The van der Waals surface area contributed by atoms with Gasteiger partial charge in [-0.2, -0.15) is 11.8 Å². The molecule has 1 N–H and O–H groups in total. The van der Waals surface area contributed by atoms with Gasteiger partial charge in [-0.05, 0) is 42.9 Å². The average Bonchev–Trinajstić information content (AvgIpc) is 2.22. The van der Waals surface area contributed by atoms with E-state index in [1.165, 1.54) is 11.1 Å². The molecule has 0 aliphatic carbocycles. The van der Waals surface area contributed by atoms with Gasteiger partial charge in [0, 0.05) is 0 Å². The van der Waals surface area contributed by atoms with Crippen LogP contribution in [0.2, 0.25) is 0 Å². The summed E-state index contributed by atoms with van der Waals surface area (Å²) in [5, 5.41) is 10.0. The van der Waals surface area contributed by atoms with Crippen molar-refractivity contribution in [3.05, 3.63) is 34.9 Å². The molecule has 2 heteroatoms. The molecule has 1 unspecified atom stereocenters. The molecule has 84 valence electrons. The number of aryl methyl sites for hydroxylation is 2. The first-order valence-corrected chi connectivity index (χ1v) is 6.63. The molecule has 0 spiro atoms. The first-order chi connectivity index (χ1) is 7.15. The fourth-order valence-corrected chi connectivity index (χ4v) is 2.29. The topological polar surface area (TPSA) is 20.2 Å². The average molecular weight is 224 g/mol. The second-order valence-corrected chi connectivity index (χ2v) is 5.26. The molecule has 0 aliphatic heterocycles. The largest absolute Gasteiger partial charge is 0.388 e. The Morgan fingerprint density at radius 1 is 1.33 bits per heavy atom. The van der Waals surface area contributed by atoms with Gasteiger partial charge in [-0.25, -0.2) is 0 Å². The van der Waals surface area contributed by atoms with Gasteiger partial charge in [0.15, 0.2) is 0 Å². The van der Waals surface area contributed by atoms with E-state index in [-0.39, 0.29) is 6.10 Å². The standard InChI is InChI=1S/C13H20OS/c1-4-15-8-7-13(14)12-9-10(2)5-6-11(12)3/h5-6,9,13-14H,4,7-8H2,1-3H3. The van der Waals surface area contributed by atoms with E-state index in [0.29, 0.717) is 0 Å². The van der Waals surface area contributed by atoms with E-state index in [4.69, 9.17) is 0 Å². The molecule has 0 saturated heterocycles. The van der Waals surface area contributed by atoms with Crippen LogP contribution in [0, 0.1) is 13.8 Å². The Morgan fingerprint density at radius 3 is 2.73 bits per heavy atom. The molecule has 1 aromatic carbocycles. The van der Waals surface area contributed by atoms with Crippen LogP contribution >= 0.6 is 11.8 Å². The van der Waals surface area contributed by atoms with Gasteiger partial charge in [0.1, 0.15) is 0 Å². The van der Waals surface area contributed by atoms with Crippen molar-refractivity contribution in [3.63, 3.8) is 0 Å². The lowest BCUT2D eigenvalue weighted by Gasteiger charge is -2.14. The van der Waals surface area contributed by atoms with Crippen LogP contribution in [0.25, 0.3) is 0 Å². The molecule has 0 fully saturated rings. The Bertz CT molecular complexity index is 309. The maximum Gasteiger partial charge on any atom is 0.0800 e. The van der Waals surface area contributed by atoms with E-state index >= 15 is 0 Å².